The summed E-state index contributed by atoms with van der Waals surface area (Å²) in [5.41, 5.74) is 0.0423. The van der Waals surface area contributed by atoms with Crippen molar-refractivity contribution in [2.75, 3.05) is 0 Å². The maximum Gasteiger partial charge on any atom is 0.174 e. The minimum absolute atomic E-state index is 0.0361. The number of imidazole rings is 1. The van der Waals surface area contributed by atoms with E-state index in [9.17, 15) is 13.9 Å². The van der Waals surface area contributed by atoms with Gasteiger partial charge in [-0.15, -0.1) is 0 Å². The van der Waals surface area contributed by atoms with Gasteiger partial charge in [0.05, 0.1) is 17.5 Å². The van der Waals surface area contributed by atoms with E-state index in [0.717, 1.165) is 0 Å². The summed E-state index contributed by atoms with van der Waals surface area (Å²) in [6.07, 6.45) is 4.50. The zero-order valence-corrected chi connectivity index (χ0v) is 16.1. The Bertz CT molecular complexity index is 1190. The quantitative estimate of drug-likeness (QED) is 0.558. The molecule has 0 fully saturated rings. The van der Waals surface area contributed by atoms with Crippen molar-refractivity contribution in [3.8, 4) is 17.0 Å². The third-order valence-corrected chi connectivity index (χ3v) is 4.67. The predicted octanol–water partition coefficient (Wildman–Crippen LogP) is 3.21. The first kappa shape index (κ1) is 19.0. The second-order valence-corrected chi connectivity index (χ2v) is 7.17. The van der Waals surface area contributed by atoms with Gasteiger partial charge in [0.25, 0.3) is 0 Å². The van der Waals surface area contributed by atoms with E-state index in [2.05, 4.69) is 15.1 Å². The summed E-state index contributed by atoms with van der Waals surface area (Å²) in [5, 5.41) is 14.1. The van der Waals surface area contributed by atoms with Crippen LogP contribution < -0.4 is 4.74 Å². The smallest absolute Gasteiger partial charge is 0.174 e. The minimum Gasteiger partial charge on any atom is -0.483 e. The number of ether oxygens (including phenoxy) is 1. The molecule has 0 radical (unpaired) electrons. The number of halogens is 2. The zero-order chi connectivity index (χ0) is 20.8. The van der Waals surface area contributed by atoms with E-state index >= 15 is 0 Å². The first-order valence-electron chi connectivity index (χ1n) is 8.89. The molecule has 3 heterocycles. The van der Waals surface area contributed by atoms with Crippen LogP contribution in [0.15, 0.2) is 43.0 Å². The highest BCUT2D eigenvalue weighted by Gasteiger charge is 2.24. The molecule has 0 aliphatic rings. The summed E-state index contributed by atoms with van der Waals surface area (Å²) in [7, 11) is 1.72. The average Bonchev–Trinajstić information content (AvgIpc) is 3.27. The van der Waals surface area contributed by atoms with E-state index in [1.165, 1.54) is 49.3 Å². The molecule has 0 atom stereocenters. The number of fused-ring (bicyclic) bond motifs is 1. The average molecular weight is 399 g/mol. The normalized spacial score (nSPS) is 11.9. The Balaban J connectivity index is 1.71. The number of aliphatic hydroxyl groups is 1. The summed E-state index contributed by atoms with van der Waals surface area (Å²) < 4.78 is 37.7. The highest BCUT2D eigenvalue weighted by Crippen LogP contribution is 2.30. The van der Waals surface area contributed by atoms with Crippen LogP contribution >= 0.6 is 0 Å². The van der Waals surface area contributed by atoms with Crippen LogP contribution in [0.3, 0.4) is 0 Å². The van der Waals surface area contributed by atoms with Gasteiger partial charge < -0.3 is 9.84 Å². The summed E-state index contributed by atoms with van der Waals surface area (Å²) in [4.78, 5) is 8.18. The number of nitrogens with zero attached hydrogens (tertiary/aromatic N) is 5. The Kier molecular flexibility index (Phi) is 4.54. The van der Waals surface area contributed by atoms with Crippen molar-refractivity contribution in [2.24, 2.45) is 7.05 Å². The second kappa shape index (κ2) is 6.93. The highest BCUT2D eigenvalue weighted by atomic mass is 19.1. The molecular formula is C20H19F2N5O2. The van der Waals surface area contributed by atoms with Gasteiger partial charge in [-0.1, -0.05) is 0 Å². The predicted molar refractivity (Wildman–Crippen MR) is 101 cm³/mol. The van der Waals surface area contributed by atoms with Gasteiger partial charge in [-0.05, 0) is 38.1 Å². The van der Waals surface area contributed by atoms with Gasteiger partial charge in [0.15, 0.2) is 28.9 Å². The van der Waals surface area contributed by atoms with Crippen molar-refractivity contribution in [3.63, 3.8) is 0 Å². The summed E-state index contributed by atoms with van der Waals surface area (Å²) in [6, 6.07) is 5.87. The van der Waals surface area contributed by atoms with Crippen molar-refractivity contribution in [1.82, 2.24) is 24.1 Å². The first-order valence-corrected chi connectivity index (χ1v) is 8.89. The van der Waals surface area contributed by atoms with Crippen LogP contribution in [0.2, 0.25) is 0 Å². The fourth-order valence-corrected chi connectivity index (χ4v) is 3.07. The number of rotatable bonds is 5. The van der Waals surface area contributed by atoms with Crippen molar-refractivity contribution < 1.29 is 18.6 Å². The van der Waals surface area contributed by atoms with Crippen molar-refractivity contribution >= 4 is 5.65 Å². The molecule has 29 heavy (non-hydrogen) atoms. The van der Waals surface area contributed by atoms with Crippen molar-refractivity contribution in [2.45, 2.75) is 26.1 Å². The number of aromatic nitrogens is 5. The van der Waals surface area contributed by atoms with Crippen LogP contribution in [0.1, 0.15) is 25.2 Å². The van der Waals surface area contributed by atoms with Crippen LogP contribution in [-0.4, -0.2) is 29.3 Å². The van der Waals surface area contributed by atoms with Gasteiger partial charge in [0, 0.05) is 24.4 Å². The van der Waals surface area contributed by atoms with Crippen LogP contribution in [-0.2, 0) is 19.3 Å². The van der Waals surface area contributed by atoms with Crippen LogP contribution in [0.4, 0.5) is 8.78 Å². The third kappa shape index (κ3) is 3.44. The van der Waals surface area contributed by atoms with Gasteiger partial charge in [0.2, 0.25) is 0 Å². The van der Waals surface area contributed by atoms with Crippen LogP contribution in [0.25, 0.3) is 16.9 Å². The van der Waals surface area contributed by atoms with E-state index in [-0.39, 0.29) is 23.6 Å². The van der Waals surface area contributed by atoms with Gasteiger partial charge in [0.1, 0.15) is 12.9 Å². The van der Waals surface area contributed by atoms with E-state index in [1.807, 2.05) is 0 Å². The maximum absolute atomic E-state index is 14.8. The summed E-state index contributed by atoms with van der Waals surface area (Å²) in [5.74, 6) is -0.549. The largest absolute Gasteiger partial charge is 0.483 e. The third-order valence-electron chi connectivity index (χ3n) is 4.67. The molecule has 0 unspecified atom stereocenters. The van der Waals surface area contributed by atoms with Crippen molar-refractivity contribution in [1.29, 1.82) is 0 Å². The molecule has 9 heteroatoms. The van der Waals surface area contributed by atoms with Crippen molar-refractivity contribution in [3.05, 3.63) is 66.0 Å². The molecule has 0 bridgehead atoms. The lowest BCUT2D eigenvalue weighted by molar-refractivity contribution is 0.0746. The molecule has 0 aliphatic carbocycles. The number of aryl methyl sites for hydroxylation is 1. The highest BCUT2D eigenvalue weighted by molar-refractivity contribution is 5.66. The molecule has 1 aromatic carbocycles. The van der Waals surface area contributed by atoms with Crippen LogP contribution in [0, 0.1) is 11.6 Å². The molecule has 3 aromatic heterocycles. The Morgan fingerprint density at radius 3 is 2.66 bits per heavy atom. The lowest BCUT2D eigenvalue weighted by Gasteiger charge is -2.18. The SMILES string of the molecule is Cn1ncnc1COc1cc(-c2cnc3c(F)c(C(C)(C)O)ccn23)ccc1F. The van der Waals surface area contributed by atoms with Gasteiger partial charge in [-0.2, -0.15) is 5.10 Å². The lowest BCUT2D eigenvalue weighted by atomic mass is 9.99. The fourth-order valence-electron chi connectivity index (χ4n) is 3.07. The molecule has 150 valence electrons. The Morgan fingerprint density at radius 2 is 1.97 bits per heavy atom. The Labute approximate surface area is 165 Å². The molecule has 4 aromatic rings. The summed E-state index contributed by atoms with van der Waals surface area (Å²) in [6.45, 7) is 3.06. The molecular weight excluding hydrogens is 380 g/mol. The molecule has 0 saturated heterocycles. The van der Waals surface area contributed by atoms with Gasteiger partial charge in [-0.25, -0.2) is 18.7 Å². The maximum atomic E-state index is 14.8. The van der Waals surface area contributed by atoms with Crippen LogP contribution in [0.5, 0.6) is 5.75 Å². The molecule has 4 rings (SSSR count). The monoisotopic (exact) mass is 399 g/mol. The number of hydrogen-bond donors (Lipinski definition) is 1. The zero-order valence-electron chi connectivity index (χ0n) is 16.1. The fraction of sp³-hybridized carbons (Fsp3) is 0.250. The number of hydrogen-bond acceptors (Lipinski definition) is 5. The molecule has 7 nitrogen and oxygen atoms in total. The second-order valence-electron chi connectivity index (χ2n) is 7.17. The Hall–Kier alpha value is -3.33. The standard InChI is InChI=1S/C20H19F2N5O2/c1-20(2,28)13-6-7-27-15(9-23-19(27)18(13)22)12-4-5-14(21)16(8-12)29-10-17-24-11-25-26(17)3/h4-9,11,28H,10H2,1-3H3. The molecule has 0 spiro atoms. The Morgan fingerprint density at radius 1 is 1.17 bits per heavy atom. The molecule has 0 aliphatic heterocycles. The van der Waals surface area contributed by atoms with Gasteiger partial charge >= 0.3 is 0 Å². The minimum atomic E-state index is -1.34. The molecule has 0 amide bonds. The lowest BCUT2D eigenvalue weighted by Crippen LogP contribution is -2.18. The van der Waals surface area contributed by atoms with E-state index in [1.54, 1.807) is 23.7 Å². The topological polar surface area (TPSA) is 77.5 Å². The molecule has 0 saturated carbocycles. The number of pyridine rings is 1. The number of benzene rings is 1. The summed E-state index contributed by atoms with van der Waals surface area (Å²) >= 11 is 0. The van der Waals surface area contributed by atoms with Gasteiger partial charge in [-0.3, -0.25) is 9.08 Å². The van der Waals surface area contributed by atoms with E-state index in [4.69, 9.17) is 4.74 Å². The molecule has 1 N–H and O–H groups in total. The van der Waals surface area contributed by atoms with E-state index in [0.29, 0.717) is 17.1 Å². The van der Waals surface area contributed by atoms with E-state index < -0.39 is 17.2 Å². The first-order chi connectivity index (χ1) is 13.8.